The van der Waals surface area contributed by atoms with Crippen molar-refractivity contribution in [3.63, 3.8) is 0 Å². The van der Waals surface area contributed by atoms with Crippen LogP contribution in [0.4, 0.5) is 0 Å². The average molecular weight is 301 g/mol. The zero-order valence-electron chi connectivity index (χ0n) is 12.8. The van der Waals surface area contributed by atoms with Crippen LogP contribution in [0.5, 0.6) is 0 Å². The second-order valence-electron chi connectivity index (χ2n) is 5.66. The Kier molecular flexibility index (Phi) is 6.72. The maximum Gasteiger partial charge on any atom is 0.237 e. The molecule has 1 N–H and O–H groups in total. The molecule has 1 saturated carbocycles. The number of carbonyl (C=O) groups is 1. The van der Waals surface area contributed by atoms with Crippen LogP contribution in [0, 0.1) is 11.8 Å². The normalized spacial score (nSPS) is 23.8. The van der Waals surface area contributed by atoms with Crippen LogP contribution in [0.2, 0.25) is 0 Å². The van der Waals surface area contributed by atoms with E-state index in [1.807, 2.05) is 0 Å². The minimum Gasteiger partial charge on any atom is -0.274 e. The van der Waals surface area contributed by atoms with Gasteiger partial charge in [-0.1, -0.05) is 38.8 Å². The highest BCUT2D eigenvalue weighted by Crippen LogP contribution is 2.40. The van der Waals surface area contributed by atoms with Gasteiger partial charge in [0.2, 0.25) is 15.9 Å². The van der Waals surface area contributed by atoms with Gasteiger partial charge in [0.25, 0.3) is 0 Å². The third-order valence-corrected chi connectivity index (χ3v) is 5.76. The summed E-state index contributed by atoms with van der Waals surface area (Å²) in [6.07, 6.45) is 10.1. The Hall–Kier alpha value is -0.840. The molecular formula is C15H27NO3S. The predicted octanol–water partition coefficient (Wildman–Crippen LogP) is 3.00. The van der Waals surface area contributed by atoms with Crippen LogP contribution in [-0.4, -0.2) is 19.6 Å². The molecule has 0 radical (unpaired) electrons. The van der Waals surface area contributed by atoms with Crippen LogP contribution in [0.25, 0.3) is 0 Å². The Morgan fingerprint density at radius 1 is 1.35 bits per heavy atom. The zero-order chi connectivity index (χ0) is 15.2. The Balaban J connectivity index is 2.34. The Morgan fingerprint density at radius 2 is 2.05 bits per heavy atom. The Bertz CT molecular complexity index is 442. The minimum absolute atomic E-state index is 0.156. The highest BCUT2D eigenvalue weighted by atomic mass is 32.2. The second kappa shape index (κ2) is 7.81. The molecule has 0 bridgehead atoms. The quantitative estimate of drug-likeness (QED) is 0.526. The number of hydrogen-bond acceptors (Lipinski definition) is 3. The van der Waals surface area contributed by atoms with Gasteiger partial charge < -0.3 is 0 Å². The van der Waals surface area contributed by atoms with Gasteiger partial charge in [-0.15, -0.1) is 0 Å². The van der Waals surface area contributed by atoms with Crippen molar-refractivity contribution in [3.8, 4) is 0 Å². The molecule has 0 spiro atoms. The summed E-state index contributed by atoms with van der Waals surface area (Å²) < 4.78 is 25.8. The van der Waals surface area contributed by atoms with Crippen LogP contribution >= 0.6 is 0 Å². The molecule has 1 rings (SSSR count). The van der Waals surface area contributed by atoms with Gasteiger partial charge in [-0.05, 0) is 38.5 Å². The van der Waals surface area contributed by atoms with Crippen molar-refractivity contribution in [3.05, 3.63) is 12.2 Å². The molecule has 20 heavy (non-hydrogen) atoms. The molecule has 1 fully saturated rings. The summed E-state index contributed by atoms with van der Waals surface area (Å²) in [7, 11) is -3.49. The third-order valence-electron chi connectivity index (χ3n) is 3.88. The minimum atomic E-state index is -3.49. The molecule has 4 nitrogen and oxygen atoms in total. The van der Waals surface area contributed by atoms with Crippen molar-refractivity contribution in [1.29, 1.82) is 0 Å². The molecule has 0 saturated heterocycles. The van der Waals surface area contributed by atoms with Crippen molar-refractivity contribution in [2.24, 2.45) is 11.8 Å². The van der Waals surface area contributed by atoms with Crippen LogP contribution in [0.3, 0.4) is 0 Å². The lowest BCUT2D eigenvalue weighted by atomic mass is 10.2. The first kappa shape index (κ1) is 17.2. The van der Waals surface area contributed by atoms with Gasteiger partial charge in [-0.3, -0.25) is 9.52 Å². The molecule has 3 unspecified atom stereocenters. The Labute approximate surface area is 123 Å². The second-order valence-corrected chi connectivity index (χ2v) is 7.76. The fourth-order valence-electron chi connectivity index (χ4n) is 2.05. The van der Waals surface area contributed by atoms with Gasteiger partial charge in [0.05, 0.1) is 5.25 Å². The molecule has 1 aliphatic rings. The van der Waals surface area contributed by atoms with Gasteiger partial charge in [0, 0.05) is 5.92 Å². The predicted molar refractivity (Wildman–Crippen MR) is 81.7 cm³/mol. The summed E-state index contributed by atoms with van der Waals surface area (Å²) in [6.45, 7) is 5.59. The first-order valence-corrected chi connectivity index (χ1v) is 9.19. The highest BCUT2D eigenvalue weighted by molar-refractivity contribution is 7.90. The first-order valence-electron chi connectivity index (χ1n) is 7.64. The lowest BCUT2D eigenvalue weighted by molar-refractivity contribution is -0.120. The summed E-state index contributed by atoms with van der Waals surface area (Å²) in [5, 5.41) is -0.520. The number of hydrogen-bond donors (Lipinski definition) is 1. The third kappa shape index (κ3) is 5.27. The molecule has 0 aromatic rings. The van der Waals surface area contributed by atoms with Gasteiger partial charge in [-0.25, -0.2) is 8.42 Å². The summed E-state index contributed by atoms with van der Waals surface area (Å²) in [4.78, 5) is 11.9. The maximum atomic E-state index is 11.9. The van der Waals surface area contributed by atoms with E-state index in [9.17, 15) is 13.2 Å². The topological polar surface area (TPSA) is 63.2 Å². The zero-order valence-corrected chi connectivity index (χ0v) is 13.6. The molecule has 0 heterocycles. The molecule has 0 aromatic heterocycles. The molecule has 0 aromatic carbocycles. The fourth-order valence-corrected chi connectivity index (χ4v) is 3.12. The highest BCUT2D eigenvalue weighted by Gasteiger charge is 2.42. The standard InChI is InChI=1S/C15H27NO3S/c1-4-6-7-8-9-10-13-11-14(13)15(17)16-20(18,19)12(3)5-2/h9-10,12-14H,4-8,11H2,1-3H3,(H,16,17). The molecule has 0 aliphatic heterocycles. The summed E-state index contributed by atoms with van der Waals surface area (Å²) in [5.41, 5.74) is 0. The van der Waals surface area contributed by atoms with E-state index in [0.29, 0.717) is 6.42 Å². The SMILES string of the molecule is CCCCCC=CC1CC1C(=O)NS(=O)(=O)C(C)CC. The van der Waals surface area contributed by atoms with E-state index in [4.69, 9.17) is 0 Å². The van der Waals surface area contributed by atoms with Gasteiger partial charge >= 0.3 is 0 Å². The summed E-state index contributed by atoms with van der Waals surface area (Å²) >= 11 is 0. The summed E-state index contributed by atoms with van der Waals surface area (Å²) in [5.74, 6) is -0.270. The van der Waals surface area contributed by atoms with E-state index in [1.54, 1.807) is 13.8 Å². The molecule has 3 atom stereocenters. The molecular weight excluding hydrogens is 274 g/mol. The number of carbonyl (C=O) groups excluding carboxylic acids is 1. The van der Waals surface area contributed by atoms with Crippen LogP contribution < -0.4 is 4.72 Å². The first-order chi connectivity index (χ1) is 9.42. The van der Waals surface area contributed by atoms with Gasteiger partial charge in [0.15, 0.2) is 0 Å². The van der Waals surface area contributed by atoms with Crippen molar-refractivity contribution >= 4 is 15.9 Å². The van der Waals surface area contributed by atoms with Crippen molar-refractivity contribution in [1.82, 2.24) is 4.72 Å². The molecule has 1 aliphatic carbocycles. The van der Waals surface area contributed by atoms with Crippen LogP contribution in [0.1, 0.15) is 59.3 Å². The van der Waals surface area contributed by atoms with E-state index in [0.717, 1.165) is 12.8 Å². The molecule has 5 heteroatoms. The van der Waals surface area contributed by atoms with E-state index in [-0.39, 0.29) is 17.7 Å². The van der Waals surface area contributed by atoms with E-state index in [2.05, 4.69) is 23.8 Å². The number of amides is 1. The maximum absolute atomic E-state index is 11.9. The fraction of sp³-hybridized carbons (Fsp3) is 0.800. The lowest BCUT2D eigenvalue weighted by Gasteiger charge is -2.11. The van der Waals surface area contributed by atoms with Crippen molar-refractivity contribution in [2.45, 2.75) is 64.5 Å². The van der Waals surface area contributed by atoms with E-state index >= 15 is 0 Å². The smallest absolute Gasteiger partial charge is 0.237 e. The average Bonchev–Trinajstić information content (AvgIpc) is 3.16. The number of sulfonamides is 1. The number of nitrogens with one attached hydrogen (secondary N) is 1. The van der Waals surface area contributed by atoms with Crippen molar-refractivity contribution in [2.75, 3.05) is 0 Å². The van der Waals surface area contributed by atoms with Gasteiger partial charge in [-0.2, -0.15) is 0 Å². The molecule has 1 amide bonds. The molecule has 116 valence electrons. The van der Waals surface area contributed by atoms with Crippen LogP contribution in [-0.2, 0) is 14.8 Å². The van der Waals surface area contributed by atoms with E-state index < -0.39 is 15.3 Å². The monoisotopic (exact) mass is 301 g/mol. The summed E-state index contributed by atoms with van der Waals surface area (Å²) in [6, 6.07) is 0. The van der Waals surface area contributed by atoms with Gasteiger partial charge in [0.1, 0.15) is 0 Å². The number of unbranched alkanes of at least 4 members (excludes halogenated alkanes) is 3. The lowest BCUT2D eigenvalue weighted by Crippen LogP contribution is -2.37. The largest absolute Gasteiger partial charge is 0.274 e. The van der Waals surface area contributed by atoms with Crippen LogP contribution in [0.15, 0.2) is 12.2 Å². The number of rotatable bonds is 9. The Morgan fingerprint density at radius 3 is 2.65 bits per heavy atom. The van der Waals surface area contributed by atoms with E-state index in [1.165, 1.54) is 19.3 Å². The number of allylic oxidation sites excluding steroid dienone is 2. The van der Waals surface area contributed by atoms with Crippen molar-refractivity contribution < 1.29 is 13.2 Å².